The molecule has 1 aromatic carbocycles. The van der Waals surface area contributed by atoms with Crippen LogP contribution < -0.4 is 0 Å². The zero-order valence-corrected chi connectivity index (χ0v) is 21.0. The van der Waals surface area contributed by atoms with Gasteiger partial charge in [0.1, 0.15) is 24.0 Å². The lowest BCUT2D eigenvalue weighted by atomic mass is 10.1. The van der Waals surface area contributed by atoms with Gasteiger partial charge in [0.15, 0.2) is 6.21 Å². The number of carboxylic acid groups (broad SMARTS) is 1. The van der Waals surface area contributed by atoms with E-state index in [9.17, 15) is 18.7 Å². The lowest BCUT2D eigenvalue weighted by Crippen LogP contribution is -2.30. The van der Waals surface area contributed by atoms with E-state index in [-0.39, 0.29) is 40.4 Å². The Morgan fingerprint density at radius 2 is 2.23 bits per heavy atom. The Balaban J connectivity index is 1.54. The second kappa shape index (κ2) is 11.0. The van der Waals surface area contributed by atoms with Crippen LogP contribution in [-0.2, 0) is 9.53 Å². The van der Waals surface area contributed by atoms with Crippen molar-refractivity contribution in [3.63, 3.8) is 0 Å². The van der Waals surface area contributed by atoms with Gasteiger partial charge in [-0.2, -0.15) is 0 Å². The van der Waals surface area contributed by atoms with Crippen LogP contribution in [0, 0.1) is 11.7 Å². The van der Waals surface area contributed by atoms with E-state index in [2.05, 4.69) is 26.9 Å². The van der Waals surface area contributed by atoms with Gasteiger partial charge in [0.05, 0.1) is 24.0 Å². The molecule has 1 saturated heterocycles. The molecular formula is C26H32F2N3O3S+. The molecule has 0 radical (unpaired) electrons. The van der Waals surface area contributed by atoms with E-state index in [1.165, 1.54) is 12.1 Å². The molecule has 1 fully saturated rings. The number of nitrogens with zero attached hydrogens (tertiary/aromatic N) is 3. The summed E-state index contributed by atoms with van der Waals surface area (Å²) in [6, 6.07) is 4.01. The summed E-state index contributed by atoms with van der Waals surface area (Å²) in [5, 5.41) is 16.1. The fourth-order valence-electron chi connectivity index (χ4n) is 4.80. The van der Waals surface area contributed by atoms with Crippen molar-refractivity contribution in [1.82, 2.24) is 4.31 Å². The van der Waals surface area contributed by atoms with E-state index in [1.54, 1.807) is 10.8 Å². The minimum atomic E-state index is -0.996. The first-order valence-corrected chi connectivity index (χ1v) is 13.2. The maximum Gasteiger partial charge on any atom is 0.309 e. The van der Waals surface area contributed by atoms with Crippen LogP contribution in [0.2, 0.25) is 0 Å². The van der Waals surface area contributed by atoms with Crippen LogP contribution in [0.3, 0.4) is 0 Å². The number of hydrazone groups is 1. The number of benzene rings is 1. The number of fused-ring (bicyclic) bond motifs is 1. The molecule has 1 aliphatic carbocycles. The first kappa shape index (κ1) is 25.4. The van der Waals surface area contributed by atoms with E-state index in [0.29, 0.717) is 29.9 Å². The molecule has 3 aliphatic rings. The van der Waals surface area contributed by atoms with Crippen LogP contribution in [0.25, 0.3) is 0 Å². The highest BCUT2D eigenvalue weighted by molar-refractivity contribution is 8.13. The quantitative estimate of drug-likeness (QED) is 0.398. The molecule has 6 nitrogen and oxygen atoms in total. The molecule has 0 spiro atoms. The van der Waals surface area contributed by atoms with Gasteiger partial charge in [-0.3, -0.25) is 4.79 Å². The molecule has 188 valence electrons. The number of carbonyl (C=O) groups is 1. The topological polar surface area (TPSA) is 65.1 Å². The standard InChI is InChI=1S/C26H31F2N3O3S/c1-4-35(22-8-6-21(7-9-22)34-17(2)3)31-16-18(11-20(31)14-27)15-30-25-12-19(28)5-10-23(25)24(29-30)13-26(32)33/h4-8,10,12,15,17-18,20,22H,9,11,13-14,16H2,1-3H3/p+1/b30-15+/t18?,20-,22?,35?/m1/s1. The van der Waals surface area contributed by atoms with Gasteiger partial charge in [-0.1, -0.05) is 10.8 Å². The van der Waals surface area contributed by atoms with E-state index in [0.717, 1.165) is 12.2 Å². The highest BCUT2D eigenvalue weighted by Crippen LogP contribution is 2.40. The number of hydrogen-bond donors (Lipinski definition) is 1. The van der Waals surface area contributed by atoms with Gasteiger partial charge in [0, 0.05) is 29.0 Å². The smallest absolute Gasteiger partial charge is 0.309 e. The number of carboxylic acids is 1. The normalized spacial score (nSPS) is 26.2. The van der Waals surface area contributed by atoms with Gasteiger partial charge in [0.25, 0.3) is 0 Å². The van der Waals surface area contributed by atoms with Gasteiger partial charge < -0.3 is 9.84 Å². The Bertz CT molecular complexity index is 1140. The molecule has 4 atom stereocenters. The molecule has 2 aliphatic heterocycles. The van der Waals surface area contributed by atoms with Crippen LogP contribution in [0.4, 0.5) is 14.5 Å². The molecule has 1 aromatic rings. The number of halogens is 2. The second-order valence-electron chi connectivity index (χ2n) is 9.16. The van der Waals surface area contributed by atoms with E-state index < -0.39 is 18.5 Å². The summed E-state index contributed by atoms with van der Waals surface area (Å²) in [7, 11) is -0.269. The Hall–Kier alpha value is -2.65. The Labute approximate surface area is 207 Å². The Morgan fingerprint density at radius 1 is 1.43 bits per heavy atom. The first-order chi connectivity index (χ1) is 16.8. The zero-order valence-electron chi connectivity index (χ0n) is 20.2. The van der Waals surface area contributed by atoms with Crippen molar-refractivity contribution in [2.75, 3.05) is 13.2 Å². The van der Waals surface area contributed by atoms with Crippen LogP contribution in [0.15, 0.2) is 47.3 Å². The summed E-state index contributed by atoms with van der Waals surface area (Å²) in [5.74, 6) is -0.536. The van der Waals surface area contributed by atoms with Crippen molar-refractivity contribution in [1.29, 1.82) is 0 Å². The molecule has 2 heterocycles. The van der Waals surface area contributed by atoms with Crippen molar-refractivity contribution in [3.8, 4) is 0 Å². The molecule has 35 heavy (non-hydrogen) atoms. The molecule has 3 unspecified atom stereocenters. The average molecular weight is 505 g/mol. The molecule has 0 amide bonds. The molecule has 0 bridgehead atoms. The van der Waals surface area contributed by atoms with E-state index >= 15 is 0 Å². The largest absolute Gasteiger partial charge is 0.491 e. The number of ether oxygens (including phenoxy) is 1. The fourth-order valence-corrected chi connectivity index (χ4v) is 7.15. The number of alkyl halides is 1. The SMILES string of the molecule is C/C=S(\C1C=CC(OC(C)C)=CC1)N1CC(/C=[N+]2/N=C(CC(=O)O)c3ccc(F)cc32)C[C@@H]1CF. The summed E-state index contributed by atoms with van der Waals surface area (Å²) in [4.78, 5) is 11.3. The number of allylic oxidation sites excluding steroid dienone is 2. The Kier molecular flexibility index (Phi) is 7.96. The van der Waals surface area contributed by atoms with E-state index in [4.69, 9.17) is 4.74 Å². The number of hydrogen-bond acceptors (Lipinski definition) is 4. The number of aliphatic carboxylic acids is 1. The third kappa shape index (κ3) is 5.78. The van der Waals surface area contributed by atoms with Crippen molar-refractivity contribution >= 4 is 39.6 Å². The van der Waals surface area contributed by atoms with Crippen molar-refractivity contribution < 1.29 is 28.1 Å². The highest BCUT2D eigenvalue weighted by Gasteiger charge is 2.38. The van der Waals surface area contributed by atoms with Gasteiger partial charge in [-0.15, -0.1) is 10.7 Å². The summed E-state index contributed by atoms with van der Waals surface area (Å²) in [5.41, 5.74) is 1.53. The van der Waals surface area contributed by atoms with Crippen molar-refractivity contribution in [2.24, 2.45) is 11.0 Å². The lowest BCUT2D eigenvalue weighted by molar-refractivity contribution is -0.438. The average Bonchev–Trinajstić information content (AvgIpc) is 3.35. The van der Waals surface area contributed by atoms with Crippen LogP contribution in [0.5, 0.6) is 0 Å². The first-order valence-electron chi connectivity index (χ1n) is 11.9. The van der Waals surface area contributed by atoms with Gasteiger partial charge in [-0.25, -0.2) is 13.1 Å². The van der Waals surface area contributed by atoms with Gasteiger partial charge in [0.2, 0.25) is 5.69 Å². The number of rotatable bonds is 8. The minimum Gasteiger partial charge on any atom is -0.491 e. The van der Waals surface area contributed by atoms with Crippen LogP contribution in [-0.4, -0.2) is 68.0 Å². The molecule has 9 heteroatoms. The maximum absolute atomic E-state index is 14.1. The zero-order chi connectivity index (χ0) is 25.1. The maximum atomic E-state index is 14.1. The monoisotopic (exact) mass is 504 g/mol. The predicted octanol–water partition coefficient (Wildman–Crippen LogP) is 5.04. The summed E-state index contributed by atoms with van der Waals surface area (Å²) in [6.07, 6.45) is 9.48. The summed E-state index contributed by atoms with van der Waals surface area (Å²) < 4.78 is 37.7. The van der Waals surface area contributed by atoms with Crippen LogP contribution >= 0.6 is 10.7 Å². The lowest BCUT2D eigenvalue weighted by Gasteiger charge is -2.31. The fraction of sp³-hybridized carbons (Fsp3) is 0.462. The molecule has 4 rings (SSSR count). The van der Waals surface area contributed by atoms with Gasteiger partial charge >= 0.3 is 5.97 Å². The third-order valence-corrected chi connectivity index (χ3v) is 8.65. The summed E-state index contributed by atoms with van der Waals surface area (Å²) >= 11 is 0. The van der Waals surface area contributed by atoms with E-state index in [1.807, 2.05) is 33.1 Å². The third-order valence-electron chi connectivity index (χ3n) is 6.21. The van der Waals surface area contributed by atoms with Crippen molar-refractivity contribution in [3.05, 3.63) is 53.6 Å². The minimum absolute atomic E-state index is 0.00214. The van der Waals surface area contributed by atoms with Crippen LogP contribution in [0.1, 0.15) is 45.6 Å². The Morgan fingerprint density at radius 3 is 2.86 bits per heavy atom. The molecule has 0 aromatic heterocycles. The summed E-state index contributed by atoms with van der Waals surface area (Å²) in [6.45, 7) is 6.22. The van der Waals surface area contributed by atoms with Crippen molar-refractivity contribution in [2.45, 2.75) is 57.4 Å². The predicted molar refractivity (Wildman–Crippen MR) is 137 cm³/mol. The second-order valence-corrected chi connectivity index (χ2v) is 11.4. The molecule has 0 saturated carbocycles. The highest BCUT2D eigenvalue weighted by atomic mass is 32.2. The van der Waals surface area contributed by atoms with Gasteiger partial charge in [-0.05, 0) is 63.3 Å². The molecule has 1 N–H and O–H groups in total. The molecular weight excluding hydrogens is 472 g/mol.